The minimum atomic E-state index is -0.00810. The Kier molecular flexibility index (Phi) is 7.47. The SMILES string of the molecule is CCCCNC(=O)CN1CCN(C(=O)c2cc3ccccc3cc2OCC)CC1. The highest BCUT2D eigenvalue weighted by Crippen LogP contribution is 2.27. The van der Waals surface area contributed by atoms with Crippen LogP contribution in [-0.2, 0) is 4.79 Å². The van der Waals surface area contributed by atoms with Crippen molar-refractivity contribution in [3.05, 3.63) is 42.0 Å². The molecule has 3 rings (SSSR count). The van der Waals surface area contributed by atoms with Crippen molar-refractivity contribution in [2.24, 2.45) is 0 Å². The molecule has 0 aliphatic carbocycles. The summed E-state index contributed by atoms with van der Waals surface area (Å²) < 4.78 is 5.77. The second-order valence-electron chi connectivity index (χ2n) is 7.40. The molecule has 1 saturated heterocycles. The molecule has 6 heteroatoms. The predicted molar refractivity (Wildman–Crippen MR) is 115 cm³/mol. The Balaban J connectivity index is 1.63. The first-order valence-corrected chi connectivity index (χ1v) is 10.6. The van der Waals surface area contributed by atoms with Crippen molar-refractivity contribution in [3.63, 3.8) is 0 Å². The summed E-state index contributed by atoms with van der Waals surface area (Å²) in [6, 6.07) is 11.9. The zero-order valence-corrected chi connectivity index (χ0v) is 17.4. The summed E-state index contributed by atoms with van der Waals surface area (Å²) in [5.74, 6) is 0.687. The monoisotopic (exact) mass is 397 g/mol. The van der Waals surface area contributed by atoms with Gasteiger partial charge in [-0.1, -0.05) is 37.6 Å². The molecule has 29 heavy (non-hydrogen) atoms. The zero-order chi connectivity index (χ0) is 20.6. The number of nitrogens with zero attached hydrogens (tertiary/aromatic N) is 2. The highest BCUT2D eigenvalue weighted by Gasteiger charge is 2.25. The van der Waals surface area contributed by atoms with Crippen LogP contribution in [0.25, 0.3) is 10.8 Å². The van der Waals surface area contributed by atoms with E-state index in [9.17, 15) is 9.59 Å². The molecule has 0 radical (unpaired) electrons. The molecule has 2 aromatic carbocycles. The van der Waals surface area contributed by atoms with Crippen LogP contribution >= 0.6 is 0 Å². The van der Waals surface area contributed by atoms with Crippen LogP contribution in [0.4, 0.5) is 0 Å². The number of ether oxygens (including phenoxy) is 1. The third-order valence-electron chi connectivity index (χ3n) is 5.26. The van der Waals surface area contributed by atoms with Crippen LogP contribution in [0.15, 0.2) is 36.4 Å². The second-order valence-corrected chi connectivity index (χ2v) is 7.40. The maximum Gasteiger partial charge on any atom is 0.257 e. The molecule has 2 aromatic rings. The molecule has 0 spiro atoms. The Morgan fingerprint density at radius 2 is 1.72 bits per heavy atom. The van der Waals surface area contributed by atoms with Gasteiger partial charge in [-0.25, -0.2) is 0 Å². The van der Waals surface area contributed by atoms with E-state index < -0.39 is 0 Å². The highest BCUT2D eigenvalue weighted by atomic mass is 16.5. The summed E-state index contributed by atoms with van der Waals surface area (Å²) >= 11 is 0. The number of rotatable bonds is 8. The fourth-order valence-electron chi connectivity index (χ4n) is 3.60. The molecule has 6 nitrogen and oxygen atoms in total. The third-order valence-corrected chi connectivity index (χ3v) is 5.26. The van der Waals surface area contributed by atoms with Crippen LogP contribution in [0.3, 0.4) is 0 Å². The van der Waals surface area contributed by atoms with Gasteiger partial charge in [-0.05, 0) is 36.2 Å². The topological polar surface area (TPSA) is 61.9 Å². The van der Waals surface area contributed by atoms with Gasteiger partial charge in [-0.15, -0.1) is 0 Å². The zero-order valence-electron chi connectivity index (χ0n) is 17.4. The fraction of sp³-hybridized carbons (Fsp3) is 0.478. The van der Waals surface area contributed by atoms with Crippen molar-refractivity contribution in [1.29, 1.82) is 0 Å². The molecule has 1 heterocycles. The van der Waals surface area contributed by atoms with E-state index in [4.69, 9.17) is 4.74 Å². The molecule has 0 aromatic heterocycles. The summed E-state index contributed by atoms with van der Waals surface area (Å²) in [5.41, 5.74) is 0.608. The lowest BCUT2D eigenvalue weighted by atomic mass is 10.0. The number of amides is 2. The first kappa shape index (κ1) is 21.1. The smallest absolute Gasteiger partial charge is 0.257 e. The number of hydrogen-bond donors (Lipinski definition) is 1. The van der Waals surface area contributed by atoms with Gasteiger partial charge in [0.15, 0.2) is 0 Å². The van der Waals surface area contributed by atoms with Gasteiger partial charge < -0.3 is 15.0 Å². The minimum Gasteiger partial charge on any atom is -0.493 e. The predicted octanol–water partition coefficient (Wildman–Crippen LogP) is 2.91. The van der Waals surface area contributed by atoms with Crippen LogP contribution in [0.1, 0.15) is 37.0 Å². The molecular weight excluding hydrogens is 366 g/mol. The van der Waals surface area contributed by atoms with Crippen molar-refractivity contribution in [2.45, 2.75) is 26.7 Å². The normalized spacial score (nSPS) is 14.8. The van der Waals surface area contributed by atoms with Gasteiger partial charge >= 0.3 is 0 Å². The summed E-state index contributed by atoms with van der Waals surface area (Å²) in [7, 11) is 0. The Labute approximate surface area is 172 Å². The van der Waals surface area contributed by atoms with Crippen LogP contribution in [0.2, 0.25) is 0 Å². The molecule has 0 unspecified atom stereocenters. The number of benzene rings is 2. The summed E-state index contributed by atoms with van der Waals surface area (Å²) in [6.07, 6.45) is 2.07. The standard InChI is InChI=1S/C23H31N3O3/c1-3-5-10-24-22(27)17-25-11-13-26(14-12-25)23(28)20-15-18-8-6-7-9-19(18)16-21(20)29-4-2/h6-9,15-16H,3-5,10-14,17H2,1-2H3,(H,24,27). The van der Waals surface area contributed by atoms with Gasteiger partial charge in [0.25, 0.3) is 5.91 Å². The largest absolute Gasteiger partial charge is 0.493 e. The molecular formula is C23H31N3O3. The second kappa shape index (κ2) is 10.3. The van der Waals surface area contributed by atoms with Gasteiger partial charge in [-0.3, -0.25) is 14.5 Å². The van der Waals surface area contributed by atoms with Gasteiger partial charge in [-0.2, -0.15) is 0 Å². The van der Waals surface area contributed by atoms with Crippen LogP contribution in [-0.4, -0.2) is 67.5 Å². The van der Waals surface area contributed by atoms with Crippen molar-refractivity contribution in [2.75, 3.05) is 45.9 Å². The lowest BCUT2D eigenvalue weighted by molar-refractivity contribution is -0.122. The third kappa shape index (κ3) is 5.48. The molecule has 156 valence electrons. The lowest BCUT2D eigenvalue weighted by Crippen LogP contribution is -2.51. The van der Waals surface area contributed by atoms with Crippen LogP contribution < -0.4 is 10.1 Å². The highest BCUT2D eigenvalue weighted by molar-refractivity contribution is 6.01. The molecule has 1 fully saturated rings. The molecule has 1 aliphatic rings. The molecule has 0 bridgehead atoms. The van der Waals surface area contributed by atoms with Gasteiger partial charge in [0.2, 0.25) is 5.91 Å². The van der Waals surface area contributed by atoms with Gasteiger partial charge in [0, 0.05) is 32.7 Å². The van der Waals surface area contributed by atoms with E-state index in [0.717, 1.165) is 30.2 Å². The summed E-state index contributed by atoms with van der Waals surface area (Å²) in [6.45, 7) is 8.29. The lowest BCUT2D eigenvalue weighted by Gasteiger charge is -2.34. The Morgan fingerprint density at radius 1 is 1.03 bits per heavy atom. The van der Waals surface area contributed by atoms with E-state index >= 15 is 0 Å². The van der Waals surface area contributed by atoms with Crippen LogP contribution in [0.5, 0.6) is 5.75 Å². The first-order chi connectivity index (χ1) is 14.1. The Hall–Kier alpha value is -2.60. The average molecular weight is 398 g/mol. The van der Waals surface area contributed by atoms with E-state index in [1.165, 1.54) is 0 Å². The quantitative estimate of drug-likeness (QED) is 0.696. The maximum absolute atomic E-state index is 13.2. The van der Waals surface area contributed by atoms with Gasteiger partial charge in [0.05, 0.1) is 18.7 Å². The van der Waals surface area contributed by atoms with Crippen molar-refractivity contribution >= 4 is 22.6 Å². The number of hydrogen-bond acceptors (Lipinski definition) is 4. The van der Waals surface area contributed by atoms with Crippen LogP contribution in [0, 0.1) is 0 Å². The minimum absolute atomic E-state index is 0.00810. The number of carbonyl (C=O) groups excluding carboxylic acids is 2. The molecule has 0 saturated carbocycles. The molecule has 1 N–H and O–H groups in total. The first-order valence-electron chi connectivity index (χ1n) is 10.6. The fourth-order valence-corrected chi connectivity index (χ4v) is 3.60. The van der Waals surface area contributed by atoms with Crippen molar-refractivity contribution in [1.82, 2.24) is 15.1 Å². The summed E-state index contributed by atoms with van der Waals surface area (Å²) in [5, 5.41) is 5.04. The van der Waals surface area contributed by atoms with Crippen molar-refractivity contribution < 1.29 is 14.3 Å². The number of fused-ring (bicyclic) bond motifs is 1. The van der Waals surface area contributed by atoms with E-state index in [-0.39, 0.29) is 11.8 Å². The number of piperazine rings is 1. The molecule has 0 atom stereocenters. The van der Waals surface area contributed by atoms with E-state index in [1.807, 2.05) is 48.2 Å². The Morgan fingerprint density at radius 3 is 2.38 bits per heavy atom. The van der Waals surface area contributed by atoms with E-state index in [0.29, 0.717) is 50.6 Å². The van der Waals surface area contributed by atoms with E-state index in [1.54, 1.807) is 0 Å². The van der Waals surface area contributed by atoms with Gasteiger partial charge in [0.1, 0.15) is 5.75 Å². The number of carbonyl (C=O) groups is 2. The maximum atomic E-state index is 13.2. The summed E-state index contributed by atoms with van der Waals surface area (Å²) in [4.78, 5) is 29.2. The average Bonchev–Trinajstić information content (AvgIpc) is 2.74. The molecule has 2 amide bonds. The number of nitrogens with one attached hydrogen (secondary N) is 1. The van der Waals surface area contributed by atoms with E-state index in [2.05, 4.69) is 17.1 Å². The number of unbranched alkanes of at least 4 members (excludes halogenated alkanes) is 1. The Bertz CT molecular complexity index is 844. The molecule has 1 aliphatic heterocycles. The van der Waals surface area contributed by atoms with Crippen molar-refractivity contribution in [3.8, 4) is 5.75 Å².